The van der Waals surface area contributed by atoms with Crippen LogP contribution in [0.15, 0.2) is 59.7 Å². The molecule has 0 radical (unpaired) electrons. The number of benzene rings is 2. The second kappa shape index (κ2) is 11.8. The van der Waals surface area contributed by atoms with E-state index in [1.165, 1.54) is 22.2 Å². The number of thiophene rings is 1. The van der Waals surface area contributed by atoms with Gasteiger partial charge in [-0.25, -0.2) is 9.78 Å². The van der Waals surface area contributed by atoms with Crippen LogP contribution in [0.5, 0.6) is 5.75 Å². The highest BCUT2D eigenvalue weighted by Gasteiger charge is 2.18. The quantitative estimate of drug-likeness (QED) is 0.222. The molecule has 0 bridgehead atoms. The lowest BCUT2D eigenvalue weighted by atomic mass is 10.0. The fraction of sp³-hybridized carbons (Fsp3) is 0.286. The Morgan fingerprint density at radius 3 is 2.46 bits per heavy atom. The fourth-order valence-electron chi connectivity index (χ4n) is 3.92. The summed E-state index contributed by atoms with van der Waals surface area (Å²) in [5.74, 6) is -0.0141. The molecule has 0 aliphatic rings. The molecular formula is C28H29N3O5S. The molecule has 1 amide bonds. The molecule has 8 nitrogen and oxygen atoms in total. The predicted molar refractivity (Wildman–Crippen MR) is 145 cm³/mol. The Morgan fingerprint density at radius 2 is 1.78 bits per heavy atom. The number of rotatable bonds is 10. The summed E-state index contributed by atoms with van der Waals surface area (Å²) in [6.45, 7) is 6.67. The van der Waals surface area contributed by atoms with Crippen molar-refractivity contribution in [1.29, 1.82) is 0 Å². The Kier molecular flexibility index (Phi) is 8.35. The molecule has 0 unspecified atom stereocenters. The van der Waals surface area contributed by atoms with Crippen LogP contribution in [0.2, 0.25) is 0 Å². The Hall–Kier alpha value is -3.98. The standard InChI is InChI=1S/C28H29N3O5S/c1-4-6-15-36-28(34)20-7-11-21(12-8-20)30-23(32)16-31-17-29-26-25(27(31)33)24(18(3)37-26)19-9-13-22(14-10-19)35-5-2/h7-14,17H,4-6,15-16H2,1-3H3,(H,30,32). The topological polar surface area (TPSA) is 99.5 Å². The number of unbranched alkanes of at least 4 members (excludes halogenated alkanes) is 1. The van der Waals surface area contributed by atoms with Crippen LogP contribution in [0.4, 0.5) is 5.69 Å². The van der Waals surface area contributed by atoms with Crippen LogP contribution in [-0.2, 0) is 16.1 Å². The Labute approximate surface area is 218 Å². The van der Waals surface area contributed by atoms with Crippen molar-refractivity contribution in [2.45, 2.75) is 40.2 Å². The van der Waals surface area contributed by atoms with Gasteiger partial charge < -0.3 is 14.8 Å². The van der Waals surface area contributed by atoms with Gasteiger partial charge in [0.25, 0.3) is 5.56 Å². The summed E-state index contributed by atoms with van der Waals surface area (Å²) >= 11 is 1.45. The maximum Gasteiger partial charge on any atom is 0.338 e. The van der Waals surface area contributed by atoms with E-state index < -0.39 is 5.97 Å². The van der Waals surface area contributed by atoms with E-state index >= 15 is 0 Å². The van der Waals surface area contributed by atoms with E-state index in [4.69, 9.17) is 9.47 Å². The molecule has 1 N–H and O–H groups in total. The molecule has 0 atom stereocenters. The molecule has 0 spiro atoms. The van der Waals surface area contributed by atoms with Crippen LogP contribution in [-0.4, -0.2) is 34.6 Å². The van der Waals surface area contributed by atoms with Gasteiger partial charge in [-0.15, -0.1) is 11.3 Å². The van der Waals surface area contributed by atoms with Crippen LogP contribution in [0.1, 0.15) is 41.9 Å². The number of aromatic nitrogens is 2. The molecule has 0 aliphatic carbocycles. The second-order valence-electron chi connectivity index (χ2n) is 8.46. The van der Waals surface area contributed by atoms with Crippen molar-refractivity contribution >= 4 is 39.1 Å². The van der Waals surface area contributed by atoms with E-state index in [1.54, 1.807) is 24.3 Å². The maximum absolute atomic E-state index is 13.4. The summed E-state index contributed by atoms with van der Waals surface area (Å²) in [6, 6.07) is 14.1. The average Bonchev–Trinajstić information content (AvgIpc) is 3.23. The first-order valence-electron chi connectivity index (χ1n) is 12.2. The first-order valence-corrected chi connectivity index (χ1v) is 13.0. The Morgan fingerprint density at radius 1 is 1.05 bits per heavy atom. The molecule has 4 aromatic rings. The number of aryl methyl sites for hydroxylation is 1. The molecule has 2 aromatic heterocycles. The number of ether oxygens (including phenoxy) is 2. The number of amides is 1. The molecule has 0 aliphatic heterocycles. The average molecular weight is 520 g/mol. The third-order valence-electron chi connectivity index (χ3n) is 5.76. The predicted octanol–water partition coefficient (Wildman–Crippen LogP) is 5.43. The van der Waals surface area contributed by atoms with Crippen molar-refractivity contribution in [2.24, 2.45) is 0 Å². The lowest BCUT2D eigenvalue weighted by Crippen LogP contribution is -2.27. The van der Waals surface area contributed by atoms with Gasteiger partial charge in [-0.2, -0.15) is 0 Å². The molecule has 2 aromatic carbocycles. The number of carbonyl (C=O) groups is 2. The third kappa shape index (κ3) is 6.06. The summed E-state index contributed by atoms with van der Waals surface area (Å²) in [5, 5.41) is 3.26. The van der Waals surface area contributed by atoms with Crippen molar-refractivity contribution in [3.05, 3.63) is 75.7 Å². The van der Waals surface area contributed by atoms with Gasteiger partial charge in [0.05, 0.1) is 30.5 Å². The van der Waals surface area contributed by atoms with Gasteiger partial charge in [0.2, 0.25) is 5.91 Å². The van der Waals surface area contributed by atoms with Gasteiger partial charge >= 0.3 is 5.97 Å². The molecular weight excluding hydrogens is 490 g/mol. The maximum atomic E-state index is 13.4. The van der Waals surface area contributed by atoms with Crippen molar-refractivity contribution in [3.8, 4) is 16.9 Å². The largest absolute Gasteiger partial charge is 0.494 e. The number of hydrogen-bond acceptors (Lipinski definition) is 7. The van der Waals surface area contributed by atoms with E-state index in [0.29, 0.717) is 34.7 Å². The van der Waals surface area contributed by atoms with Crippen LogP contribution in [0, 0.1) is 6.92 Å². The lowest BCUT2D eigenvalue weighted by Gasteiger charge is -2.09. The number of nitrogens with zero attached hydrogens (tertiary/aromatic N) is 2. The molecule has 2 heterocycles. The first-order chi connectivity index (χ1) is 17.9. The van der Waals surface area contributed by atoms with Gasteiger partial charge in [-0.1, -0.05) is 25.5 Å². The second-order valence-corrected chi connectivity index (χ2v) is 9.67. The number of carbonyl (C=O) groups excluding carboxylic acids is 2. The normalized spacial score (nSPS) is 10.9. The molecule has 37 heavy (non-hydrogen) atoms. The zero-order valence-electron chi connectivity index (χ0n) is 21.1. The number of hydrogen-bond donors (Lipinski definition) is 1. The van der Waals surface area contributed by atoms with Crippen LogP contribution >= 0.6 is 11.3 Å². The number of esters is 1. The van der Waals surface area contributed by atoms with Crippen LogP contribution in [0.3, 0.4) is 0 Å². The van der Waals surface area contributed by atoms with Gasteiger partial charge in [0, 0.05) is 16.1 Å². The smallest absolute Gasteiger partial charge is 0.338 e. The highest BCUT2D eigenvalue weighted by Crippen LogP contribution is 2.36. The third-order valence-corrected chi connectivity index (χ3v) is 6.77. The number of fused-ring (bicyclic) bond motifs is 1. The Bertz CT molecular complexity index is 1460. The monoisotopic (exact) mass is 519 g/mol. The Balaban J connectivity index is 1.50. The van der Waals surface area contributed by atoms with Gasteiger partial charge in [0.1, 0.15) is 17.1 Å². The highest BCUT2D eigenvalue weighted by atomic mass is 32.1. The van der Waals surface area contributed by atoms with Crippen LogP contribution in [0.25, 0.3) is 21.3 Å². The zero-order chi connectivity index (χ0) is 26.4. The SMILES string of the molecule is CCCCOC(=O)c1ccc(NC(=O)Cn2cnc3sc(C)c(-c4ccc(OCC)cc4)c3c2=O)cc1. The molecule has 192 valence electrons. The van der Waals surface area contributed by atoms with Gasteiger partial charge in [0.15, 0.2) is 0 Å². The minimum Gasteiger partial charge on any atom is -0.494 e. The number of anilines is 1. The summed E-state index contributed by atoms with van der Waals surface area (Å²) in [7, 11) is 0. The molecule has 0 fully saturated rings. The summed E-state index contributed by atoms with van der Waals surface area (Å²) < 4.78 is 12.0. The summed E-state index contributed by atoms with van der Waals surface area (Å²) in [5.41, 5.74) is 2.35. The lowest BCUT2D eigenvalue weighted by molar-refractivity contribution is -0.116. The molecule has 0 saturated carbocycles. The van der Waals surface area contributed by atoms with Crippen molar-refractivity contribution in [2.75, 3.05) is 18.5 Å². The van der Waals surface area contributed by atoms with Gasteiger partial charge in [-0.3, -0.25) is 14.2 Å². The molecule has 4 rings (SSSR count). The summed E-state index contributed by atoms with van der Waals surface area (Å²) in [6.07, 6.45) is 3.16. The van der Waals surface area contributed by atoms with Crippen molar-refractivity contribution < 1.29 is 19.1 Å². The zero-order valence-corrected chi connectivity index (χ0v) is 21.9. The summed E-state index contributed by atoms with van der Waals surface area (Å²) in [4.78, 5) is 44.2. The molecule has 0 saturated heterocycles. The first kappa shape index (κ1) is 26.1. The van der Waals surface area contributed by atoms with E-state index in [1.807, 2.05) is 45.0 Å². The van der Waals surface area contributed by atoms with Gasteiger partial charge in [-0.05, 0) is 62.2 Å². The van der Waals surface area contributed by atoms with Crippen molar-refractivity contribution in [1.82, 2.24) is 9.55 Å². The fourth-order valence-corrected chi connectivity index (χ4v) is 4.92. The minimum absolute atomic E-state index is 0.194. The van der Waals surface area contributed by atoms with Crippen LogP contribution < -0.4 is 15.6 Å². The van der Waals surface area contributed by atoms with E-state index in [0.717, 1.165) is 34.6 Å². The molecule has 9 heteroatoms. The van der Waals surface area contributed by atoms with Crippen molar-refractivity contribution in [3.63, 3.8) is 0 Å². The van der Waals surface area contributed by atoms with E-state index in [2.05, 4.69) is 10.3 Å². The van der Waals surface area contributed by atoms with E-state index in [-0.39, 0.29) is 18.0 Å². The van der Waals surface area contributed by atoms with E-state index in [9.17, 15) is 14.4 Å². The number of nitrogens with one attached hydrogen (secondary N) is 1. The minimum atomic E-state index is -0.397. The highest BCUT2D eigenvalue weighted by molar-refractivity contribution is 7.19.